The highest BCUT2D eigenvalue weighted by Crippen LogP contribution is 2.28. The summed E-state index contributed by atoms with van der Waals surface area (Å²) in [6.45, 7) is 6.22. The van der Waals surface area contributed by atoms with Crippen LogP contribution in [0.2, 0.25) is 0 Å². The monoisotopic (exact) mass is 347 g/mol. The van der Waals surface area contributed by atoms with Gasteiger partial charge < -0.3 is 10.3 Å². The number of thioether (sulfide) groups is 1. The van der Waals surface area contributed by atoms with Crippen LogP contribution < -0.4 is 10.9 Å². The number of rotatable bonds is 4. The van der Waals surface area contributed by atoms with Crippen LogP contribution in [0.4, 0.5) is 5.13 Å². The summed E-state index contributed by atoms with van der Waals surface area (Å²) in [5.74, 6) is 1.18. The average Bonchev–Trinajstić information content (AvgIpc) is 2.90. The average molecular weight is 347 g/mol. The molecule has 120 valence electrons. The molecule has 3 aromatic rings. The highest BCUT2D eigenvalue weighted by molar-refractivity contribution is 8.00. The zero-order valence-electron chi connectivity index (χ0n) is 13.1. The minimum atomic E-state index is -0.112. The number of nitrogens with zero attached hydrogens (tertiary/aromatic N) is 3. The van der Waals surface area contributed by atoms with Gasteiger partial charge in [0, 0.05) is 5.54 Å². The molecule has 0 aliphatic carbocycles. The summed E-state index contributed by atoms with van der Waals surface area (Å²) < 4.78 is 0.840. The summed E-state index contributed by atoms with van der Waals surface area (Å²) in [6.07, 6.45) is 0. The van der Waals surface area contributed by atoms with Gasteiger partial charge in [-0.05, 0) is 32.9 Å². The van der Waals surface area contributed by atoms with Crippen LogP contribution in [0, 0.1) is 0 Å². The molecule has 0 aliphatic heterocycles. The van der Waals surface area contributed by atoms with Gasteiger partial charge in [0.15, 0.2) is 4.34 Å². The lowest BCUT2D eigenvalue weighted by atomic mass is 10.1. The van der Waals surface area contributed by atoms with E-state index >= 15 is 0 Å². The van der Waals surface area contributed by atoms with Crippen LogP contribution in [0.15, 0.2) is 33.4 Å². The molecular weight excluding hydrogens is 330 g/mol. The van der Waals surface area contributed by atoms with Crippen molar-refractivity contribution in [3.8, 4) is 0 Å². The van der Waals surface area contributed by atoms with Crippen LogP contribution >= 0.6 is 23.1 Å². The van der Waals surface area contributed by atoms with E-state index in [0.29, 0.717) is 22.5 Å². The van der Waals surface area contributed by atoms with E-state index in [1.165, 1.54) is 23.1 Å². The van der Waals surface area contributed by atoms with E-state index < -0.39 is 0 Å². The lowest BCUT2D eigenvalue weighted by Crippen LogP contribution is -2.25. The Hall–Kier alpha value is -1.93. The van der Waals surface area contributed by atoms with Gasteiger partial charge in [-0.25, -0.2) is 4.98 Å². The Morgan fingerprint density at radius 2 is 2.04 bits per heavy atom. The highest BCUT2D eigenvalue weighted by atomic mass is 32.2. The Balaban J connectivity index is 1.72. The van der Waals surface area contributed by atoms with Gasteiger partial charge in [-0.3, -0.25) is 4.79 Å². The summed E-state index contributed by atoms with van der Waals surface area (Å²) in [5, 5.41) is 13.0. The number of fused-ring (bicyclic) bond motifs is 1. The first-order valence-electron chi connectivity index (χ1n) is 7.13. The molecule has 0 spiro atoms. The minimum Gasteiger partial charge on any atom is -0.355 e. The summed E-state index contributed by atoms with van der Waals surface area (Å²) in [5.41, 5.74) is 0.546. The fraction of sp³-hybridized carbons (Fsp3) is 0.333. The fourth-order valence-electron chi connectivity index (χ4n) is 1.97. The smallest absolute Gasteiger partial charge is 0.258 e. The number of hydrogen-bond acceptors (Lipinski definition) is 7. The van der Waals surface area contributed by atoms with Gasteiger partial charge in [0.2, 0.25) is 5.13 Å². The standard InChI is InChI=1S/C15H17N5OS2/c1-15(2,3)18-13-19-20-14(23-13)22-8-11-16-10-7-5-4-6-9(10)12(21)17-11/h4-7H,8H2,1-3H3,(H,18,19)(H,16,17,21). The van der Waals surface area contributed by atoms with E-state index in [-0.39, 0.29) is 11.1 Å². The first-order valence-corrected chi connectivity index (χ1v) is 8.93. The van der Waals surface area contributed by atoms with Crippen LogP contribution in [0.3, 0.4) is 0 Å². The van der Waals surface area contributed by atoms with Crippen molar-refractivity contribution in [3.05, 3.63) is 40.4 Å². The number of aromatic nitrogens is 4. The number of aromatic amines is 1. The van der Waals surface area contributed by atoms with E-state index in [0.717, 1.165) is 9.47 Å². The van der Waals surface area contributed by atoms with Crippen molar-refractivity contribution in [2.24, 2.45) is 0 Å². The number of benzene rings is 1. The Morgan fingerprint density at radius 1 is 1.26 bits per heavy atom. The first-order chi connectivity index (χ1) is 10.9. The predicted octanol–water partition coefficient (Wildman–Crippen LogP) is 3.28. The molecule has 0 saturated heterocycles. The molecule has 0 fully saturated rings. The molecule has 1 aromatic carbocycles. The maximum Gasteiger partial charge on any atom is 0.258 e. The Morgan fingerprint density at radius 3 is 2.83 bits per heavy atom. The molecule has 0 radical (unpaired) electrons. The van der Waals surface area contributed by atoms with E-state index in [9.17, 15) is 4.79 Å². The SMILES string of the molecule is CC(C)(C)Nc1nnc(SCc2nc3ccccc3c(=O)[nH]2)s1. The van der Waals surface area contributed by atoms with Gasteiger partial charge in [0.05, 0.1) is 16.7 Å². The van der Waals surface area contributed by atoms with Gasteiger partial charge in [0.25, 0.3) is 5.56 Å². The Labute approximate surface area is 141 Å². The molecule has 0 saturated carbocycles. The van der Waals surface area contributed by atoms with E-state index in [1.54, 1.807) is 6.07 Å². The maximum atomic E-state index is 12.0. The van der Waals surface area contributed by atoms with Crippen molar-refractivity contribution >= 4 is 39.1 Å². The third-order valence-corrected chi connectivity index (χ3v) is 4.87. The number of nitrogens with one attached hydrogen (secondary N) is 2. The summed E-state index contributed by atoms with van der Waals surface area (Å²) in [4.78, 5) is 19.3. The van der Waals surface area contributed by atoms with Gasteiger partial charge >= 0.3 is 0 Å². The minimum absolute atomic E-state index is 0.0490. The Bertz CT molecular complexity index is 881. The molecule has 2 heterocycles. The van der Waals surface area contributed by atoms with Crippen LogP contribution in [0.5, 0.6) is 0 Å². The van der Waals surface area contributed by atoms with Crippen molar-refractivity contribution in [1.82, 2.24) is 20.2 Å². The van der Waals surface area contributed by atoms with Gasteiger partial charge in [-0.15, -0.1) is 10.2 Å². The predicted molar refractivity (Wildman–Crippen MR) is 95.2 cm³/mol. The van der Waals surface area contributed by atoms with Gasteiger partial charge in [-0.2, -0.15) is 0 Å². The lowest BCUT2D eigenvalue weighted by Gasteiger charge is -2.18. The number of para-hydroxylation sites is 1. The van der Waals surface area contributed by atoms with E-state index in [1.807, 2.05) is 18.2 Å². The molecule has 8 heteroatoms. The van der Waals surface area contributed by atoms with Crippen molar-refractivity contribution in [2.45, 2.75) is 36.4 Å². The van der Waals surface area contributed by atoms with Crippen molar-refractivity contribution in [2.75, 3.05) is 5.32 Å². The molecule has 6 nitrogen and oxygen atoms in total. The topological polar surface area (TPSA) is 83.6 Å². The second-order valence-corrected chi connectivity index (χ2v) is 8.27. The second kappa shape index (κ2) is 6.29. The summed E-state index contributed by atoms with van der Waals surface area (Å²) >= 11 is 3.01. The Kier molecular flexibility index (Phi) is 4.36. The van der Waals surface area contributed by atoms with Crippen molar-refractivity contribution in [3.63, 3.8) is 0 Å². The lowest BCUT2D eigenvalue weighted by molar-refractivity contribution is 0.631. The van der Waals surface area contributed by atoms with E-state index in [4.69, 9.17) is 0 Å². The van der Waals surface area contributed by atoms with Crippen molar-refractivity contribution < 1.29 is 0 Å². The van der Waals surface area contributed by atoms with Crippen LogP contribution in [-0.4, -0.2) is 25.7 Å². The molecule has 23 heavy (non-hydrogen) atoms. The quantitative estimate of drug-likeness (QED) is 0.705. The molecule has 0 bridgehead atoms. The van der Waals surface area contributed by atoms with E-state index in [2.05, 4.69) is 46.3 Å². The van der Waals surface area contributed by atoms with Crippen LogP contribution in [0.25, 0.3) is 10.9 Å². The molecule has 2 N–H and O–H groups in total. The largest absolute Gasteiger partial charge is 0.355 e. The van der Waals surface area contributed by atoms with Crippen molar-refractivity contribution in [1.29, 1.82) is 0 Å². The van der Waals surface area contributed by atoms with Crippen LogP contribution in [-0.2, 0) is 5.75 Å². The first kappa shape index (κ1) is 15.9. The number of H-pyrrole nitrogens is 1. The maximum absolute atomic E-state index is 12.0. The molecule has 0 unspecified atom stereocenters. The highest BCUT2D eigenvalue weighted by Gasteiger charge is 2.13. The number of anilines is 1. The normalized spacial score (nSPS) is 11.8. The zero-order valence-corrected chi connectivity index (χ0v) is 14.7. The molecule has 2 aromatic heterocycles. The molecule has 0 amide bonds. The molecular formula is C15H17N5OS2. The third kappa shape index (κ3) is 4.08. The van der Waals surface area contributed by atoms with Crippen LogP contribution in [0.1, 0.15) is 26.6 Å². The summed E-state index contributed by atoms with van der Waals surface area (Å²) in [7, 11) is 0. The molecule has 3 rings (SSSR count). The zero-order chi connectivity index (χ0) is 16.4. The summed E-state index contributed by atoms with van der Waals surface area (Å²) in [6, 6.07) is 7.32. The second-order valence-electron chi connectivity index (χ2n) is 6.07. The molecule has 0 atom stereocenters. The fourth-order valence-corrected chi connectivity index (χ4v) is 3.80. The van der Waals surface area contributed by atoms with Gasteiger partial charge in [0.1, 0.15) is 5.82 Å². The van der Waals surface area contributed by atoms with Gasteiger partial charge in [-0.1, -0.05) is 35.2 Å². The third-order valence-electron chi connectivity index (χ3n) is 2.88. The number of hydrogen-bond donors (Lipinski definition) is 2. The molecule has 0 aliphatic rings.